The second-order valence-corrected chi connectivity index (χ2v) is 9.39. The lowest BCUT2D eigenvalue weighted by Gasteiger charge is -2.12. The Labute approximate surface area is 233 Å². The molecular weight excluding hydrogens is 535 g/mol. The van der Waals surface area contributed by atoms with Crippen molar-refractivity contribution in [1.82, 2.24) is 15.1 Å². The molecule has 210 valence electrons. The molecule has 0 radical (unpaired) electrons. The molecule has 1 atom stereocenters. The number of hydrogen-bond donors (Lipinski definition) is 2. The van der Waals surface area contributed by atoms with Crippen molar-refractivity contribution in [1.29, 1.82) is 0 Å². The number of aromatic nitrogens is 2. The number of nitrogens with one attached hydrogen (secondary N) is 2. The number of amides is 2. The highest BCUT2D eigenvalue weighted by Gasteiger charge is 2.30. The van der Waals surface area contributed by atoms with Gasteiger partial charge in [0.1, 0.15) is 0 Å². The lowest BCUT2D eigenvalue weighted by atomic mass is 10.0. The first-order chi connectivity index (χ1) is 19.7. The van der Waals surface area contributed by atoms with Crippen LogP contribution >= 0.6 is 0 Å². The predicted octanol–water partition coefficient (Wildman–Crippen LogP) is 5.27. The van der Waals surface area contributed by atoms with E-state index in [2.05, 4.69) is 15.6 Å². The van der Waals surface area contributed by atoms with Crippen molar-refractivity contribution in [3.8, 4) is 28.1 Å². The molecule has 1 unspecified atom stereocenters. The van der Waals surface area contributed by atoms with E-state index in [1.54, 1.807) is 23.9 Å². The Hall–Kier alpha value is -4.93. The van der Waals surface area contributed by atoms with Gasteiger partial charge in [-0.3, -0.25) is 14.6 Å². The van der Waals surface area contributed by atoms with Crippen LogP contribution in [0.3, 0.4) is 0 Å². The number of ether oxygens (including phenoxy) is 1. The van der Waals surface area contributed by atoms with Crippen LogP contribution in [-0.2, 0) is 26.9 Å². The summed E-state index contributed by atoms with van der Waals surface area (Å²) in [5, 5.41) is 10.2. The Balaban J connectivity index is 1.40. The quantitative estimate of drug-likeness (QED) is 0.306. The number of aryl methyl sites for hydroxylation is 1. The monoisotopic (exact) mass is 561 g/mol. The number of alkyl halides is 3. The first-order valence-electron chi connectivity index (χ1n) is 12.8. The zero-order chi connectivity index (χ0) is 29.0. The molecule has 1 aromatic heterocycles. The molecule has 2 N–H and O–H groups in total. The number of nitrogens with zero attached hydrogens (tertiary/aromatic N) is 3. The molecule has 2 heterocycles. The van der Waals surface area contributed by atoms with Crippen LogP contribution in [0.15, 0.2) is 83.9 Å². The van der Waals surface area contributed by atoms with Crippen LogP contribution in [0.4, 0.5) is 18.9 Å². The summed E-state index contributed by atoms with van der Waals surface area (Å²) in [5.41, 5.74) is 4.37. The molecule has 41 heavy (non-hydrogen) atoms. The van der Waals surface area contributed by atoms with Gasteiger partial charge in [0.05, 0.1) is 29.2 Å². The molecule has 0 saturated carbocycles. The fourth-order valence-electron chi connectivity index (χ4n) is 4.36. The minimum Gasteiger partial charge on any atom is -0.469 e. The predicted molar refractivity (Wildman–Crippen MR) is 149 cm³/mol. The second kappa shape index (κ2) is 11.7. The SMILES string of the molecule is CNC(=O)CCc1cc(-c2ccc(-c3ccc(C(F)(F)F)cc3)cc2)n(-c2ccc(NC(=O)C3CN=CO3)cc2)n1. The van der Waals surface area contributed by atoms with Crippen LogP contribution < -0.4 is 10.6 Å². The summed E-state index contributed by atoms with van der Waals surface area (Å²) < 4.78 is 45.7. The van der Waals surface area contributed by atoms with E-state index in [4.69, 9.17) is 9.84 Å². The number of benzene rings is 3. The number of carbonyl (C=O) groups is 2. The van der Waals surface area contributed by atoms with E-state index in [0.717, 1.165) is 34.6 Å². The van der Waals surface area contributed by atoms with Crippen molar-refractivity contribution in [2.45, 2.75) is 25.1 Å². The van der Waals surface area contributed by atoms with Crippen molar-refractivity contribution < 1.29 is 27.5 Å². The molecule has 11 heteroatoms. The molecule has 0 bridgehead atoms. The van der Waals surface area contributed by atoms with Crippen LogP contribution in [0.25, 0.3) is 28.1 Å². The Morgan fingerprint density at radius 3 is 2.17 bits per heavy atom. The van der Waals surface area contributed by atoms with Crippen LogP contribution in [-0.4, -0.2) is 47.7 Å². The molecule has 1 aliphatic heterocycles. The summed E-state index contributed by atoms with van der Waals surface area (Å²) in [7, 11) is 1.58. The summed E-state index contributed by atoms with van der Waals surface area (Å²) in [6, 6.07) is 21.5. The summed E-state index contributed by atoms with van der Waals surface area (Å²) >= 11 is 0. The van der Waals surface area contributed by atoms with Gasteiger partial charge in [-0.2, -0.15) is 18.3 Å². The molecule has 2 amide bonds. The third-order valence-corrected chi connectivity index (χ3v) is 6.62. The van der Waals surface area contributed by atoms with E-state index in [1.807, 2.05) is 42.5 Å². The molecule has 0 saturated heterocycles. The van der Waals surface area contributed by atoms with Gasteiger partial charge in [0.2, 0.25) is 5.91 Å². The zero-order valence-electron chi connectivity index (χ0n) is 22.0. The standard InChI is InChI=1S/C30H26F3N5O3/c1-34-28(39)15-12-24-16-26(21-4-2-19(3-5-21)20-6-8-22(9-7-20)30(31,32)33)38(37-24)25-13-10-23(11-14-25)36-29(40)27-17-35-18-41-27/h2-11,13-14,16,18,27H,12,15,17H2,1H3,(H,34,39)(H,36,40). The molecule has 0 fully saturated rings. The van der Waals surface area contributed by atoms with E-state index in [0.29, 0.717) is 23.4 Å². The van der Waals surface area contributed by atoms with E-state index in [-0.39, 0.29) is 24.8 Å². The smallest absolute Gasteiger partial charge is 0.416 e. The van der Waals surface area contributed by atoms with Crippen molar-refractivity contribution in [2.75, 3.05) is 18.9 Å². The molecule has 0 aliphatic carbocycles. The van der Waals surface area contributed by atoms with Crippen LogP contribution in [0.1, 0.15) is 17.7 Å². The Morgan fingerprint density at radius 2 is 1.59 bits per heavy atom. The average Bonchev–Trinajstić information content (AvgIpc) is 3.67. The highest BCUT2D eigenvalue weighted by Crippen LogP contribution is 2.32. The number of carbonyl (C=O) groups excluding carboxylic acids is 2. The van der Waals surface area contributed by atoms with Gasteiger partial charge in [-0.05, 0) is 53.6 Å². The van der Waals surface area contributed by atoms with Crippen LogP contribution in [0.5, 0.6) is 0 Å². The second-order valence-electron chi connectivity index (χ2n) is 9.39. The van der Waals surface area contributed by atoms with Gasteiger partial charge in [0.15, 0.2) is 12.5 Å². The number of hydrogen-bond acceptors (Lipinski definition) is 5. The fourth-order valence-corrected chi connectivity index (χ4v) is 4.36. The number of aliphatic imine (C=N–C) groups is 1. The van der Waals surface area contributed by atoms with Crippen molar-refractivity contribution in [2.24, 2.45) is 4.99 Å². The van der Waals surface area contributed by atoms with Crippen LogP contribution in [0, 0.1) is 0 Å². The molecule has 5 rings (SSSR count). The lowest BCUT2D eigenvalue weighted by Crippen LogP contribution is -2.29. The van der Waals surface area contributed by atoms with Gasteiger partial charge in [-0.15, -0.1) is 0 Å². The molecule has 0 spiro atoms. The van der Waals surface area contributed by atoms with Crippen molar-refractivity contribution in [3.63, 3.8) is 0 Å². The Kier molecular flexibility index (Phi) is 7.86. The Bertz CT molecular complexity index is 1550. The number of anilines is 1. The highest BCUT2D eigenvalue weighted by molar-refractivity contribution is 5.95. The van der Waals surface area contributed by atoms with Gasteiger partial charge >= 0.3 is 6.18 Å². The number of halogens is 3. The fraction of sp³-hybridized carbons (Fsp3) is 0.200. The highest BCUT2D eigenvalue weighted by atomic mass is 19.4. The lowest BCUT2D eigenvalue weighted by molar-refractivity contribution is -0.137. The van der Waals surface area contributed by atoms with Gasteiger partial charge in [-0.1, -0.05) is 36.4 Å². The zero-order valence-corrected chi connectivity index (χ0v) is 22.0. The van der Waals surface area contributed by atoms with Crippen LogP contribution in [0.2, 0.25) is 0 Å². The van der Waals surface area contributed by atoms with Gasteiger partial charge in [0, 0.05) is 31.1 Å². The topological polar surface area (TPSA) is 97.6 Å². The molecule has 1 aliphatic rings. The minimum atomic E-state index is -4.39. The third kappa shape index (κ3) is 6.46. The Morgan fingerprint density at radius 1 is 0.951 bits per heavy atom. The minimum absolute atomic E-state index is 0.0984. The number of rotatable bonds is 8. The first-order valence-corrected chi connectivity index (χ1v) is 12.8. The molecular formula is C30H26F3N5O3. The van der Waals surface area contributed by atoms with E-state index < -0.39 is 17.8 Å². The van der Waals surface area contributed by atoms with Gasteiger partial charge in [0.25, 0.3) is 5.91 Å². The normalized spacial score (nSPS) is 14.5. The summed E-state index contributed by atoms with van der Waals surface area (Å²) in [6.07, 6.45) is -3.07. The third-order valence-electron chi connectivity index (χ3n) is 6.62. The van der Waals surface area contributed by atoms with Crippen molar-refractivity contribution in [3.05, 3.63) is 90.1 Å². The van der Waals surface area contributed by atoms with E-state index in [1.165, 1.54) is 18.5 Å². The maximum Gasteiger partial charge on any atom is 0.416 e. The summed E-state index contributed by atoms with van der Waals surface area (Å²) in [4.78, 5) is 28.1. The molecule has 8 nitrogen and oxygen atoms in total. The summed E-state index contributed by atoms with van der Waals surface area (Å²) in [5.74, 6) is -0.390. The summed E-state index contributed by atoms with van der Waals surface area (Å²) in [6.45, 7) is 0.275. The maximum absolute atomic E-state index is 12.9. The van der Waals surface area contributed by atoms with E-state index in [9.17, 15) is 22.8 Å². The molecule has 4 aromatic rings. The van der Waals surface area contributed by atoms with E-state index >= 15 is 0 Å². The van der Waals surface area contributed by atoms with Gasteiger partial charge < -0.3 is 15.4 Å². The average molecular weight is 562 g/mol. The van der Waals surface area contributed by atoms with Gasteiger partial charge in [-0.25, -0.2) is 4.68 Å². The first kappa shape index (κ1) is 27.6. The largest absolute Gasteiger partial charge is 0.469 e. The maximum atomic E-state index is 12.9. The van der Waals surface area contributed by atoms with Crippen molar-refractivity contribution >= 4 is 23.9 Å². The molecule has 3 aromatic carbocycles.